The predicted molar refractivity (Wildman–Crippen MR) is 114 cm³/mol. The second-order valence-corrected chi connectivity index (χ2v) is 8.73. The minimum Gasteiger partial charge on any atom is -0.477 e. The van der Waals surface area contributed by atoms with E-state index < -0.39 is 29.3 Å². The van der Waals surface area contributed by atoms with Crippen molar-refractivity contribution in [3.8, 4) is 0 Å². The highest BCUT2D eigenvalue weighted by Gasteiger charge is 2.28. The molecule has 1 aliphatic carbocycles. The Morgan fingerprint density at radius 3 is 2.74 bits per heavy atom. The number of aromatic carboxylic acids is 1. The lowest BCUT2D eigenvalue weighted by Gasteiger charge is -2.27. The van der Waals surface area contributed by atoms with Gasteiger partial charge in [0.05, 0.1) is 23.4 Å². The molecule has 4 rings (SSSR count). The molecular formula is C21H21FN4O4S. The summed E-state index contributed by atoms with van der Waals surface area (Å²) in [5.41, 5.74) is -0.142. The molecule has 31 heavy (non-hydrogen) atoms. The Labute approximate surface area is 180 Å². The number of halogens is 1. The molecule has 2 heterocycles. The highest BCUT2D eigenvalue weighted by Crippen LogP contribution is 2.31. The zero-order valence-corrected chi connectivity index (χ0v) is 17.4. The summed E-state index contributed by atoms with van der Waals surface area (Å²) >= 11 is 0.841. The van der Waals surface area contributed by atoms with Crippen LogP contribution in [0.5, 0.6) is 0 Å². The molecule has 1 amide bonds. The van der Waals surface area contributed by atoms with E-state index >= 15 is 0 Å². The zero-order valence-electron chi connectivity index (χ0n) is 16.6. The Morgan fingerprint density at radius 1 is 1.26 bits per heavy atom. The molecule has 1 unspecified atom stereocenters. The van der Waals surface area contributed by atoms with Crippen LogP contribution >= 0.6 is 11.3 Å². The molecule has 1 aromatic carbocycles. The van der Waals surface area contributed by atoms with Gasteiger partial charge in [0.2, 0.25) is 5.91 Å². The normalized spacial score (nSPS) is 15.6. The number of carbonyl (C=O) groups is 2. The third kappa shape index (κ3) is 4.63. The number of rotatable bonds is 6. The molecule has 10 heteroatoms. The van der Waals surface area contributed by atoms with E-state index in [0.29, 0.717) is 11.9 Å². The maximum absolute atomic E-state index is 13.7. The van der Waals surface area contributed by atoms with Crippen LogP contribution in [0.15, 0.2) is 35.5 Å². The molecule has 1 atom stereocenters. The van der Waals surface area contributed by atoms with Crippen molar-refractivity contribution in [3.63, 3.8) is 0 Å². The van der Waals surface area contributed by atoms with E-state index in [4.69, 9.17) is 5.11 Å². The fraction of sp³-hybridized carbons (Fsp3) is 0.381. The standard InChI is InChI=1S/C21H21FN4O4S/c22-13-6-7-15-14(9-13)19(28)26(11-24-15)16(8-12-4-2-1-3-5-12)18(27)25-21-23-10-17(31-21)20(29)30/h6-7,9-12,16H,1-5,8H2,(H,29,30)(H,23,25,27). The lowest BCUT2D eigenvalue weighted by atomic mass is 9.84. The van der Waals surface area contributed by atoms with Gasteiger partial charge in [0.15, 0.2) is 5.13 Å². The molecule has 162 valence electrons. The second-order valence-electron chi connectivity index (χ2n) is 7.70. The van der Waals surface area contributed by atoms with Gasteiger partial charge in [0.25, 0.3) is 5.56 Å². The maximum Gasteiger partial charge on any atom is 0.347 e. The zero-order chi connectivity index (χ0) is 22.0. The quantitative estimate of drug-likeness (QED) is 0.597. The Kier molecular flexibility index (Phi) is 6.08. The van der Waals surface area contributed by atoms with E-state index in [0.717, 1.165) is 49.5 Å². The van der Waals surface area contributed by atoms with Crippen molar-refractivity contribution in [2.45, 2.75) is 44.6 Å². The minimum absolute atomic E-state index is 0.000792. The largest absolute Gasteiger partial charge is 0.477 e. The van der Waals surface area contributed by atoms with E-state index in [2.05, 4.69) is 15.3 Å². The number of nitrogens with zero attached hydrogens (tertiary/aromatic N) is 3. The van der Waals surface area contributed by atoms with Crippen LogP contribution in [0.4, 0.5) is 9.52 Å². The van der Waals surface area contributed by atoms with Gasteiger partial charge in [0.1, 0.15) is 16.7 Å². The van der Waals surface area contributed by atoms with Gasteiger partial charge in [-0.1, -0.05) is 43.4 Å². The van der Waals surface area contributed by atoms with Crippen molar-refractivity contribution in [1.82, 2.24) is 14.5 Å². The number of hydrogen-bond acceptors (Lipinski definition) is 6. The van der Waals surface area contributed by atoms with Crippen molar-refractivity contribution in [1.29, 1.82) is 0 Å². The van der Waals surface area contributed by atoms with Gasteiger partial charge in [-0.15, -0.1) is 0 Å². The SMILES string of the molecule is O=C(O)c1cnc(NC(=O)C(CC2CCCCC2)n2cnc3ccc(F)cc3c2=O)s1. The van der Waals surface area contributed by atoms with Crippen LogP contribution in [0.1, 0.15) is 54.2 Å². The van der Waals surface area contributed by atoms with Gasteiger partial charge in [-0.2, -0.15) is 0 Å². The molecule has 1 fully saturated rings. The first-order valence-corrected chi connectivity index (χ1v) is 10.9. The Bertz CT molecular complexity index is 1190. The fourth-order valence-corrected chi connectivity index (χ4v) is 4.69. The Hall–Kier alpha value is -3.14. The molecule has 1 saturated carbocycles. The van der Waals surface area contributed by atoms with Crippen molar-refractivity contribution in [2.24, 2.45) is 5.92 Å². The van der Waals surface area contributed by atoms with Gasteiger partial charge in [-0.05, 0) is 30.5 Å². The summed E-state index contributed by atoms with van der Waals surface area (Å²) in [5.74, 6) is -1.89. The summed E-state index contributed by atoms with van der Waals surface area (Å²) in [6, 6.07) is 2.91. The summed E-state index contributed by atoms with van der Waals surface area (Å²) in [6.45, 7) is 0. The summed E-state index contributed by atoms with van der Waals surface area (Å²) in [7, 11) is 0. The highest BCUT2D eigenvalue weighted by atomic mass is 32.1. The predicted octanol–water partition coefficient (Wildman–Crippen LogP) is 3.84. The van der Waals surface area contributed by atoms with Gasteiger partial charge < -0.3 is 10.4 Å². The van der Waals surface area contributed by atoms with Crippen LogP contribution in [0, 0.1) is 11.7 Å². The van der Waals surface area contributed by atoms with E-state index in [-0.39, 0.29) is 21.3 Å². The summed E-state index contributed by atoms with van der Waals surface area (Å²) in [6.07, 6.45) is 8.16. The highest BCUT2D eigenvalue weighted by molar-refractivity contribution is 7.17. The molecule has 3 aromatic rings. The molecule has 0 saturated heterocycles. The first-order chi connectivity index (χ1) is 14.9. The molecule has 8 nitrogen and oxygen atoms in total. The minimum atomic E-state index is -1.13. The van der Waals surface area contributed by atoms with Crippen molar-refractivity contribution >= 4 is 39.2 Å². The van der Waals surface area contributed by atoms with Crippen LogP contribution in [-0.4, -0.2) is 31.5 Å². The molecule has 1 aliphatic rings. The van der Waals surface area contributed by atoms with Gasteiger partial charge in [0, 0.05) is 0 Å². The Morgan fingerprint density at radius 2 is 2.03 bits per heavy atom. The molecule has 0 aliphatic heterocycles. The lowest BCUT2D eigenvalue weighted by molar-refractivity contribution is -0.120. The third-order valence-electron chi connectivity index (χ3n) is 5.61. The summed E-state index contributed by atoms with van der Waals surface area (Å²) in [4.78, 5) is 45.5. The van der Waals surface area contributed by atoms with E-state index in [9.17, 15) is 18.8 Å². The van der Waals surface area contributed by atoms with Crippen LogP contribution in [-0.2, 0) is 4.79 Å². The smallest absolute Gasteiger partial charge is 0.347 e. The molecule has 0 spiro atoms. The first kappa shape index (κ1) is 21.1. The number of fused-ring (bicyclic) bond motifs is 1. The number of anilines is 1. The van der Waals surface area contributed by atoms with Crippen LogP contribution in [0.3, 0.4) is 0 Å². The third-order valence-corrected chi connectivity index (χ3v) is 6.51. The van der Waals surface area contributed by atoms with Crippen molar-refractivity contribution < 1.29 is 19.1 Å². The average Bonchev–Trinajstić information content (AvgIpc) is 3.23. The first-order valence-electron chi connectivity index (χ1n) is 10.1. The number of benzene rings is 1. The molecule has 0 bridgehead atoms. The Balaban J connectivity index is 1.68. The lowest BCUT2D eigenvalue weighted by Crippen LogP contribution is -2.35. The number of carbonyl (C=O) groups excluding carboxylic acids is 1. The number of thiazole rings is 1. The molecular weight excluding hydrogens is 423 g/mol. The summed E-state index contributed by atoms with van der Waals surface area (Å²) < 4.78 is 15.0. The second kappa shape index (κ2) is 8.93. The average molecular weight is 444 g/mol. The molecule has 0 radical (unpaired) electrons. The summed E-state index contributed by atoms with van der Waals surface area (Å²) in [5, 5.41) is 11.9. The topological polar surface area (TPSA) is 114 Å². The number of nitrogens with one attached hydrogen (secondary N) is 1. The van der Waals surface area contributed by atoms with Crippen LogP contribution in [0.25, 0.3) is 10.9 Å². The van der Waals surface area contributed by atoms with Crippen molar-refractivity contribution in [3.05, 3.63) is 51.8 Å². The number of carboxylic acids is 1. The maximum atomic E-state index is 13.7. The molecule has 2 aromatic heterocycles. The fourth-order valence-electron chi connectivity index (χ4n) is 4.04. The van der Waals surface area contributed by atoms with Gasteiger partial charge in [-0.25, -0.2) is 19.2 Å². The van der Waals surface area contributed by atoms with Crippen LogP contribution < -0.4 is 10.9 Å². The van der Waals surface area contributed by atoms with Gasteiger partial charge >= 0.3 is 5.97 Å². The number of carboxylic acid groups (broad SMARTS) is 1. The number of aromatic nitrogens is 3. The number of amides is 1. The molecule has 2 N–H and O–H groups in total. The van der Waals surface area contributed by atoms with E-state index in [1.54, 1.807) is 0 Å². The van der Waals surface area contributed by atoms with E-state index in [1.807, 2.05) is 0 Å². The van der Waals surface area contributed by atoms with Crippen LogP contribution in [0.2, 0.25) is 0 Å². The van der Waals surface area contributed by atoms with Crippen molar-refractivity contribution in [2.75, 3.05) is 5.32 Å². The van der Waals surface area contributed by atoms with E-state index in [1.165, 1.54) is 29.2 Å². The van der Waals surface area contributed by atoms with Gasteiger partial charge in [-0.3, -0.25) is 14.2 Å². The number of hydrogen-bond donors (Lipinski definition) is 2. The monoisotopic (exact) mass is 444 g/mol.